The summed E-state index contributed by atoms with van der Waals surface area (Å²) in [5.74, 6) is 1.27. The number of benzene rings is 1. The highest BCUT2D eigenvalue weighted by Gasteiger charge is 2.18. The van der Waals surface area contributed by atoms with Gasteiger partial charge in [0.25, 0.3) is 5.91 Å². The number of carbonyl (C=O) groups excluding carboxylic acids is 1. The minimum Gasteiger partial charge on any atom is -0.493 e. The predicted octanol–water partition coefficient (Wildman–Crippen LogP) is 2.54. The van der Waals surface area contributed by atoms with E-state index in [1.165, 1.54) is 21.3 Å². The van der Waals surface area contributed by atoms with E-state index >= 15 is 0 Å². The number of hydrogen-bond acceptors (Lipinski definition) is 6. The number of aryl methyl sites for hydroxylation is 1. The van der Waals surface area contributed by atoms with Crippen LogP contribution < -0.4 is 19.5 Å². The number of carbonyl (C=O) groups is 1. The van der Waals surface area contributed by atoms with Gasteiger partial charge in [-0.15, -0.1) is 0 Å². The third-order valence-corrected chi connectivity index (χ3v) is 3.72. The first-order valence-electron chi connectivity index (χ1n) is 7.50. The molecule has 0 aliphatic rings. The molecule has 0 aliphatic carbocycles. The Bertz CT molecular complexity index is 911. The topological polar surface area (TPSA) is 98.4 Å². The molecule has 0 fully saturated rings. The van der Waals surface area contributed by atoms with Crippen molar-refractivity contribution in [3.8, 4) is 17.2 Å². The van der Waals surface area contributed by atoms with Crippen LogP contribution in [0.3, 0.4) is 0 Å². The lowest BCUT2D eigenvalue weighted by molar-refractivity contribution is 0.102. The summed E-state index contributed by atoms with van der Waals surface area (Å²) in [6, 6.07) is 6.86. The summed E-state index contributed by atoms with van der Waals surface area (Å²) in [5.41, 5.74) is 1.82. The van der Waals surface area contributed by atoms with Gasteiger partial charge in [0.05, 0.1) is 26.7 Å². The molecule has 2 aromatic heterocycles. The first-order chi connectivity index (χ1) is 12.1. The molecule has 0 aliphatic heterocycles. The zero-order valence-electron chi connectivity index (χ0n) is 14.3. The van der Waals surface area contributed by atoms with Crippen molar-refractivity contribution in [2.24, 2.45) is 0 Å². The zero-order valence-corrected chi connectivity index (χ0v) is 14.3. The van der Waals surface area contributed by atoms with Gasteiger partial charge in [-0.25, -0.2) is 4.98 Å². The number of rotatable bonds is 5. The lowest BCUT2D eigenvalue weighted by Crippen LogP contribution is -2.13. The number of anilines is 1. The van der Waals surface area contributed by atoms with Crippen LogP contribution >= 0.6 is 0 Å². The number of nitrogens with one attached hydrogen (secondary N) is 2. The van der Waals surface area contributed by atoms with Crippen LogP contribution in [0.15, 0.2) is 24.3 Å². The van der Waals surface area contributed by atoms with Gasteiger partial charge in [0.15, 0.2) is 23.0 Å². The van der Waals surface area contributed by atoms with Crippen LogP contribution in [0, 0.1) is 6.92 Å². The maximum Gasteiger partial charge on any atom is 0.257 e. The second-order valence-corrected chi connectivity index (χ2v) is 5.29. The molecule has 0 atom stereocenters. The van der Waals surface area contributed by atoms with Crippen LogP contribution in [0.5, 0.6) is 17.2 Å². The summed E-state index contributed by atoms with van der Waals surface area (Å²) in [5, 5.41) is 10.4. The Kier molecular flexibility index (Phi) is 4.42. The zero-order chi connectivity index (χ0) is 18.0. The first kappa shape index (κ1) is 16.6. The van der Waals surface area contributed by atoms with Gasteiger partial charge < -0.3 is 19.5 Å². The van der Waals surface area contributed by atoms with Crippen molar-refractivity contribution >= 4 is 22.8 Å². The minimum atomic E-state index is -0.353. The standard InChI is InChI=1S/C17H18N4O4/c1-9-5-6-11-15(18-9)20-21-16(11)19-17(22)10-7-12(23-2)14(25-4)13(8-10)24-3/h5-8H,1-4H3,(H2,18,19,20,21,22). The number of aromatic amines is 1. The van der Waals surface area contributed by atoms with E-state index in [0.29, 0.717) is 34.3 Å². The fourth-order valence-electron chi connectivity index (χ4n) is 2.49. The third-order valence-electron chi connectivity index (χ3n) is 3.72. The highest BCUT2D eigenvalue weighted by molar-refractivity contribution is 6.08. The molecular weight excluding hydrogens is 324 g/mol. The maximum atomic E-state index is 12.6. The number of nitrogens with zero attached hydrogens (tertiary/aromatic N) is 2. The Hall–Kier alpha value is -3.29. The van der Waals surface area contributed by atoms with Crippen LogP contribution in [0.2, 0.25) is 0 Å². The van der Waals surface area contributed by atoms with E-state index in [-0.39, 0.29) is 5.91 Å². The van der Waals surface area contributed by atoms with E-state index in [9.17, 15) is 4.79 Å². The summed E-state index contributed by atoms with van der Waals surface area (Å²) in [6.45, 7) is 1.88. The van der Waals surface area contributed by atoms with Gasteiger partial charge in [-0.3, -0.25) is 9.89 Å². The van der Waals surface area contributed by atoms with Gasteiger partial charge >= 0.3 is 0 Å². The van der Waals surface area contributed by atoms with Gasteiger partial charge in [-0.05, 0) is 31.2 Å². The largest absolute Gasteiger partial charge is 0.493 e. The molecule has 25 heavy (non-hydrogen) atoms. The number of ether oxygens (including phenoxy) is 3. The average Bonchev–Trinajstić information content (AvgIpc) is 3.01. The molecule has 130 valence electrons. The first-order valence-corrected chi connectivity index (χ1v) is 7.50. The van der Waals surface area contributed by atoms with E-state index < -0.39 is 0 Å². The van der Waals surface area contributed by atoms with E-state index in [4.69, 9.17) is 14.2 Å². The smallest absolute Gasteiger partial charge is 0.257 e. The predicted molar refractivity (Wildman–Crippen MR) is 92.7 cm³/mol. The van der Waals surface area contributed by atoms with E-state index in [1.807, 2.05) is 19.1 Å². The number of amides is 1. The van der Waals surface area contributed by atoms with Gasteiger partial charge in [0.1, 0.15) is 0 Å². The number of fused-ring (bicyclic) bond motifs is 1. The maximum absolute atomic E-state index is 12.6. The molecule has 0 saturated carbocycles. The molecule has 0 unspecified atom stereocenters. The molecule has 3 rings (SSSR count). The summed E-state index contributed by atoms with van der Waals surface area (Å²) in [4.78, 5) is 16.9. The van der Waals surface area contributed by atoms with E-state index in [0.717, 1.165) is 11.1 Å². The van der Waals surface area contributed by atoms with Crippen LogP contribution in [0.25, 0.3) is 11.0 Å². The lowest BCUT2D eigenvalue weighted by Gasteiger charge is -2.13. The van der Waals surface area contributed by atoms with Gasteiger partial charge in [-0.1, -0.05) is 0 Å². The minimum absolute atomic E-state index is 0.353. The monoisotopic (exact) mass is 342 g/mol. The van der Waals surface area contributed by atoms with Gasteiger partial charge in [0, 0.05) is 11.3 Å². The molecule has 8 heteroatoms. The fraction of sp³-hybridized carbons (Fsp3) is 0.235. The van der Waals surface area contributed by atoms with Crippen LogP contribution in [0.4, 0.5) is 5.82 Å². The average molecular weight is 342 g/mol. The molecule has 1 aromatic carbocycles. The summed E-state index contributed by atoms with van der Waals surface area (Å²) < 4.78 is 15.8. The second kappa shape index (κ2) is 6.68. The molecule has 0 bridgehead atoms. The Labute approximate surface area is 144 Å². The van der Waals surface area contributed by atoms with Crippen molar-refractivity contribution in [3.05, 3.63) is 35.5 Å². The van der Waals surface area contributed by atoms with Crippen LogP contribution in [0.1, 0.15) is 16.1 Å². The molecule has 8 nitrogen and oxygen atoms in total. The molecule has 2 heterocycles. The molecule has 0 saturated heterocycles. The molecule has 0 radical (unpaired) electrons. The molecular formula is C17H18N4O4. The van der Waals surface area contributed by atoms with Gasteiger partial charge in [0.2, 0.25) is 5.75 Å². The number of H-pyrrole nitrogens is 1. The molecule has 1 amide bonds. The summed E-state index contributed by atoms with van der Waals surface area (Å²) in [7, 11) is 4.49. The normalized spacial score (nSPS) is 10.6. The van der Waals surface area contributed by atoms with E-state index in [2.05, 4.69) is 20.5 Å². The highest BCUT2D eigenvalue weighted by Crippen LogP contribution is 2.38. The Morgan fingerprint density at radius 3 is 2.36 bits per heavy atom. The summed E-state index contributed by atoms with van der Waals surface area (Å²) in [6.07, 6.45) is 0. The van der Waals surface area contributed by atoms with Crippen molar-refractivity contribution in [1.82, 2.24) is 15.2 Å². The van der Waals surface area contributed by atoms with Crippen molar-refractivity contribution in [3.63, 3.8) is 0 Å². The fourth-order valence-corrected chi connectivity index (χ4v) is 2.49. The number of aromatic nitrogens is 3. The number of hydrogen-bond donors (Lipinski definition) is 2. The van der Waals surface area contributed by atoms with Crippen molar-refractivity contribution in [2.45, 2.75) is 6.92 Å². The molecule has 0 spiro atoms. The van der Waals surface area contributed by atoms with Crippen molar-refractivity contribution in [2.75, 3.05) is 26.6 Å². The Morgan fingerprint density at radius 1 is 1.08 bits per heavy atom. The van der Waals surface area contributed by atoms with Gasteiger partial charge in [-0.2, -0.15) is 5.10 Å². The summed E-state index contributed by atoms with van der Waals surface area (Å²) >= 11 is 0. The highest BCUT2D eigenvalue weighted by atomic mass is 16.5. The lowest BCUT2D eigenvalue weighted by atomic mass is 10.1. The van der Waals surface area contributed by atoms with Crippen molar-refractivity contribution < 1.29 is 19.0 Å². The van der Waals surface area contributed by atoms with Crippen LogP contribution in [-0.2, 0) is 0 Å². The quantitative estimate of drug-likeness (QED) is 0.739. The molecule has 2 N–H and O–H groups in total. The number of methoxy groups -OCH3 is 3. The van der Waals surface area contributed by atoms with Crippen molar-refractivity contribution in [1.29, 1.82) is 0 Å². The SMILES string of the molecule is COc1cc(C(=O)Nc2n[nH]c3nc(C)ccc23)cc(OC)c1OC. The van der Waals surface area contributed by atoms with Crippen LogP contribution in [-0.4, -0.2) is 42.4 Å². The number of pyridine rings is 1. The molecule has 3 aromatic rings. The third kappa shape index (κ3) is 3.06. The second-order valence-electron chi connectivity index (χ2n) is 5.29. The Morgan fingerprint density at radius 2 is 1.76 bits per heavy atom. The van der Waals surface area contributed by atoms with E-state index in [1.54, 1.807) is 12.1 Å². The Balaban J connectivity index is 1.95.